The molecular formula is C29H42N2O4. The standard InChI is InChI=1S/C29H42N2O4/c1-5-28(3,22-34-26(32)24-14-12-18-30-20-24)16-10-8-7-9-11-17-29(4,6-2)23-35-27(33)25-15-13-19-31-21-25/h12-15,18-21H,5-11,16-17,22-23H2,1-4H3. The van der Waals surface area contributed by atoms with Crippen LogP contribution < -0.4 is 0 Å². The number of nitrogens with zero attached hydrogens (tertiary/aromatic N) is 2. The number of unbranched alkanes of at least 4 members (excludes halogenated alkanes) is 4. The molecule has 0 saturated carbocycles. The first-order chi connectivity index (χ1) is 16.8. The number of pyridine rings is 2. The lowest BCUT2D eigenvalue weighted by Gasteiger charge is -2.28. The van der Waals surface area contributed by atoms with E-state index in [1.807, 2.05) is 0 Å². The van der Waals surface area contributed by atoms with Crippen LogP contribution in [0.1, 0.15) is 106 Å². The molecule has 2 aromatic heterocycles. The van der Waals surface area contributed by atoms with Gasteiger partial charge in [-0.25, -0.2) is 9.59 Å². The molecule has 192 valence electrons. The van der Waals surface area contributed by atoms with E-state index in [0.29, 0.717) is 24.3 Å². The number of aromatic nitrogens is 2. The number of hydrogen-bond acceptors (Lipinski definition) is 6. The molecule has 35 heavy (non-hydrogen) atoms. The van der Waals surface area contributed by atoms with Crippen molar-refractivity contribution in [3.8, 4) is 0 Å². The van der Waals surface area contributed by atoms with Crippen molar-refractivity contribution in [1.29, 1.82) is 0 Å². The van der Waals surface area contributed by atoms with Crippen LogP contribution in [0.4, 0.5) is 0 Å². The van der Waals surface area contributed by atoms with Crippen LogP contribution in [0.3, 0.4) is 0 Å². The lowest BCUT2D eigenvalue weighted by Crippen LogP contribution is -2.25. The van der Waals surface area contributed by atoms with Crippen molar-refractivity contribution in [2.75, 3.05) is 13.2 Å². The molecule has 0 amide bonds. The normalized spacial score (nSPS) is 14.5. The first kappa shape index (κ1) is 28.5. The van der Waals surface area contributed by atoms with Gasteiger partial charge >= 0.3 is 11.9 Å². The summed E-state index contributed by atoms with van der Waals surface area (Å²) >= 11 is 0. The summed E-state index contributed by atoms with van der Waals surface area (Å²) in [4.78, 5) is 32.4. The zero-order chi connectivity index (χ0) is 25.6. The Kier molecular flexibility index (Phi) is 11.9. The molecule has 6 heteroatoms. The summed E-state index contributed by atoms with van der Waals surface area (Å²) in [6, 6.07) is 6.95. The van der Waals surface area contributed by atoms with E-state index in [-0.39, 0.29) is 22.8 Å². The summed E-state index contributed by atoms with van der Waals surface area (Å²) in [6.45, 7) is 9.58. The molecular weight excluding hydrogens is 440 g/mol. The number of rotatable bonds is 16. The first-order valence-electron chi connectivity index (χ1n) is 13.0. The third-order valence-corrected chi connectivity index (χ3v) is 7.17. The molecule has 0 saturated heterocycles. The first-order valence-corrected chi connectivity index (χ1v) is 13.0. The van der Waals surface area contributed by atoms with E-state index in [1.165, 1.54) is 19.3 Å². The average molecular weight is 483 g/mol. The highest BCUT2D eigenvalue weighted by molar-refractivity contribution is 5.89. The van der Waals surface area contributed by atoms with Crippen molar-refractivity contribution in [1.82, 2.24) is 9.97 Å². The SMILES string of the molecule is CCC(C)(CCCCCCCC(C)(CC)COC(=O)c1cccnc1)COC(=O)c1cccnc1. The Bertz CT molecular complexity index is 817. The van der Waals surface area contributed by atoms with E-state index in [2.05, 4.69) is 37.7 Å². The summed E-state index contributed by atoms with van der Waals surface area (Å²) < 4.78 is 11.2. The molecule has 0 spiro atoms. The van der Waals surface area contributed by atoms with E-state index in [4.69, 9.17) is 9.47 Å². The van der Waals surface area contributed by atoms with Gasteiger partial charge < -0.3 is 9.47 Å². The Morgan fingerprint density at radius 1 is 0.714 bits per heavy atom. The molecule has 0 aliphatic carbocycles. The van der Waals surface area contributed by atoms with Gasteiger partial charge in [0.2, 0.25) is 0 Å². The fourth-order valence-electron chi connectivity index (χ4n) is 3.95. The van der Waals surface area contributed by atoms with Crippen LogP contribution in [-0.4, -0.2) is 35.1 Å². The summed E-state index contributed by atoms with van der Waals surface area (Å²) in [5.41, 5.74) is 0.988. The highest BCUT2D eigenvalue weighted by atomic mass is 16.5. The summed E-state index contributed by atoms with van der Waals surface area (Å²) in [6.07, 6.45) is 16.2. The van der Waals surface area contributed by atoms with Gasteiger partial charge in [0.1, 0.15) is 0 Å². The van der Waals surface area contributed by atoms with E-state index >= 15 is 0 Å². The van der Waals surface area contributed by atoms with Crippen LogP contribution in [0.15, 0.2) is 49.1 Å². The van der Waals surface area contributed by atoms with Gasteiger partial charge in [0, 0.05) is 35.6 Å². The Hall–Kier alpha value is -2.76. The van der Waals surface area contributed by atoms with Crippen LogP contribution in [0.5, 0.6) is 0 Å². The largest absolute Gasteiger partial charge is 0.461 e. The van der Waals surface area contributed by atoms with Gasteiger partial charge in [-0.3, -0.25) is 9.97 Å². The topological polar surface area (TPSA) is 78.4 Å². The van der Waals surface area contributed by atoms with Crippen molar-refractivity contribution in [3.63, 3.8) is 0 Å². The monoisotopic (exact) mass is 482 g/mol. The minimum Gasteiger partial charge on any atom is -0.461 e. The summed E-state index contributed by atoms with van der Waals surface area (Å²) in [7, 11) is 0. The van der Waals surface area contributed by atoms with Gasteiger partial charge in [-0.15, -0.1) is 0 Å². The number of hydrogen-bond donors (Lipinski definition) is 0. The van der Waals surface area contributed by atoms with Gasteiger partial charge in [-0.1, -0.05) is 59.8 Å². The number of carbonyl (C=O) groups excluding carboxylic acids is 2. The van der Waals surface area contributed by atoms with Gasteiger partial charge in [-0.05, 0) is 49.9 Å². The predicted molar refractivity (Wildman–Crippen MR) is 138 cm³/mol. The van der Waals surface area contributed by atoms with Crippen LogP contribution >= 0.6 is 0 Å². The van der Waals surface area contributed by atoms with Crippen LogP contribution in [0.25, 0.3) is 0 Å². The fourth-order valence-corrected chi connectivity index (χ4v) is 3.95. The number of ether oxygens (including phenoxy) is 2. The Labute approximate surface area is 210 Å². The third kappa shape index (κ3) is 10.2. The van der Waals surface area contributed by atoms with Gasteiger partial charge in [-0.2, -0.15) is 0 Å². The maximum atomic E-state index is 12.2. The zero-order valence-electron chi connectivity index (χ0n) is 21.9. The Morgan fingerprint density at radius 2 is 1.11 bits per heavy atom. The Balaban J connectivity index is 1.62. The number of esters is 2. The van der Waals surface area contributed by atoms with Crippen LogP contribution in [0.2, 0.25) is 0 Å². The molecule has 0 radical (unpaired) electrons. The minimum absolute atomic E-state index is 0.00317. The molecule has 2 rings (SSSR count). The van der Waals surface area contributed by atoms with Gasteiger partial charge in [0.05, 0.1) is 24.3 Å². The molecule has 0 N–H and O–H groups in total. The molecule has 6 nitrogen and oxygen atoms in total. The smallest absolute Gasteiger partial charge is 0.339 e. The van der Waals surface area contributed by atoms with Crippen molar-refractivity contribution in [2.45, 2.75) is 85.5 Å². The zero-order valence-corrected chi connectivity index (χ0v) is 21.9. The summed E-state index contributed by atoms with van der Waals surface area (Å²) in [5, 5.41) is 0. The predicted octanol–water partition coefficient (Wildman–Crippen LogP) is 7.05. The quantitative estimate of drug-likeness (QED) is 0.188. The second-order valence-electron chi connectivity index (χ2n) is 10.2. The second-order valence-corrected chi connectivity index (χ2v) is 10.2. The van der Waals surface area contributed by atoms with Crippen molar-refractivity contribution in [2.24, 2.45) is 10.8 Å². The van der Waals surface area contributed by atoms with Crippen molar-refractivity contribution in [3.05, 3.63) is 60.2 Å². The Morgan fingerprint density at radius 3 is 1.46 bits per heavy atom. The van der Waals surface area contributed by atoms with Crippen LogP contribution in [0, 0.1) is 10.8 Å². The fraction of sp³-hybridized carbons (Fsp3) is 0.586. The molecule has 0 aliphatic heterocycles. The lowest BCUT2D eigenvalue weighted by molar-refractivity contribution is 0.0278. The molecule has 2 unspecified atom stereocenters. The molecule has 2 heterocycles. The maximum Gasteiger partial charge on any atom is 0.339 e. The van der Waals surface area contributed by atoms with Gasteiger partial charge in [0.25, 0.3) is 0 Å². The highest BCUT2D eigenvalue weighted by Gasteiger charge is 2.25. The molecule has 0 bridgehead atoms. The van der Waals surface area contributed by atoms with Crippen molar-refractivity contribution >= 4 is 11.9 Å². The van der Waals surface area contributed by atoms with Crippen LogP contribution in [-0.2, 0) is 9.47 Å². The molecule has 0 fully saturated rings. The van der Waals surface area contributed by atoms with E-state index in [9.17, 15) is 9.59 Å². The summed E-state index contributed by atoms with van der Waals surface area (Å²) in [5.74, 6) is -0.606. The van der Waals surface area contributed by atoms with Crippen molar-refractivity contribution < 1.29 is 19.1 Å². The third-order valence-electron chi connectivity index (χ3n) is 7.17. The second kappa shape index (κ2) is 14.6. The molecule has 2 atom stereocenters. The molecule has 2 aromatic rings. The van der Waals surface area contributed by atoms with E-state index in [0.717, 1.165) is 38.5 Å². The molecule has 0 aliphatic rings. The maximum absolute atomic E-state index is 12.2. The minimum atomic E-state index is -0.303. The molecule has 0 aromatic carbocycles. The number of carbonyl (C=O) groups is 2. The highest BCUT2D eigenvalue weighted by Crippen LogP contribution is 2.31. The van der Waals surface area contributed by atoms with E-state index < -0.39 is 0 Å². The van der Waals surface area contributed by atoms with Gasteiger partial charge in [0.15, 0.2) is 0 Å². The van der Waals surface area contributed by atoms with E-state index in [1.54, 1.807) is 49.1 Å². The average Bonchev–Trinajstić information content (AvgIpc) is 2.90. The lowest BCUT2D eigenvalue weighted by atomic mass is 9.82.